The van der Waals surface area contributed by atoms with Crippen molar-refractivity contribution in [1.82, 2.24) is 19.5 Å². The summed E-state index contributed by atoms with van der Waals surface area (Å²) in [5.74, 6) is -0.991. The summed E-state index contributed by atoms with van der Waals surface area (Å²) in [7, 11) is 0. The fourth-order valence-corrected chi connectivity index (χ4v) is 4.25. The number of hydrogen-bond donors (Lipinski definition) is 0. The molecule has 2 aromatic heterocycles. The second-order valence-corrected chi connectivity index (χ2v) is 7.88. The van der Waals surface area contributed by atoms with E-state index in [9.17, 15) is 22.0 Å². The van der Waals surface area contributed by atoms with E-state index in [4.69, 9.17) is 4.74 Å². The fraction of sp³-hybridized carbons (Fsp3) is 0.455. The largest absolute Gasteiger partial charge is 0.420 e. The molecule has 5 nitrogen and oxygen atoms in total. The van der Waals surface area contributed by atoms with Gasteiger partial charge < -0.3 is 4.74 Å². The van der Waals surface area contributed by atoms with E-state index >= 15 is 0 Å². The average molecular weight is 454 g/mol. The Morgan fingerprint density at radius 2 is 1.84 bits per heavy atom. The monoisotopic (exact) mass is 454 g/mol. The van der Waals surface area contributed by atoms with Crippen molar-refractivity contribution in [3.63, 3.8) is 0 Å². The Hall–Kier alpha value is -2.59. The molecule has 0 spiro atoms. The highest BCUT2D eigenvalue weighted by Gasteiger charge is 2.38. The number of hydrogen-bond acceptors (Lipinski definition) is 4. The summed E-state index contributed by atoms with van der Waals surface area (Å²) in [6.45, 7) is 3.38. The second-order valence-electron chi connectivity index (χ2n) is 7.88. The minimum Gasteiger partial charge on any atom is -0.374 e. The number of aromatic nitrogens is 3. The SMILES string of the molecule is CCOCc1nnc2c(C(F)(F)F)c(CN3CCC(c4ccc(F)cc4F)CC3)ccn12. The lowest BCUT2D eigenvalue weighted by molar-refractivity contribution is -0.137. The lowest BCUT2D eigenvalue weighted by atomic mass is 9.89. The minimum atomic E-state index is -4.59. The molecule has 1 fully saturated rings. The first-order valence-corrected chi connectivity index (χ1v) is 10.5. The zero-order valence-corrected chi connectivity index (χ0v) is 17.5. The molecule has 32 heavy (non-hydrogen) atoms. The zero-order valence-electron chi connectivity index (χ0n) is 17.5. The van der Waals surface area contributed by atoms with Crippen LogP contribution in [0, 0.1) is 11.6 Å². The van der Waals surface area contributed by atoms with Crippen LogP contribution in [0.3, 0.4) is 0 Å². The normalized spacial score (nSPS) is 16.2. The minimum absolute atomic E-state index is 0.0712. The third kappa shape index (κ3) is 4.61. The van der Waals surface area contributed by atoms with Gasteiger partial charge in [0.1, 0.15) is 23.8 Å². The van der Waals surface area contributed by atoms with Gasteiger partial charge in [-0.1, -0.05) is 6.07 Å². The molecular weight excluding hydrogens is 431 g/mol. The van der Waals surface area contributed by atoms with Crippen LogP contribution in [0.4, 0.5) is 22.0 Å². The van der Waals surface area contributed by atoms with Gasteiger partial charge in [-0.05, 0) is 62.0 Å². The van der Waals surface area contributed by atoms with Crippen molar-refractivity contribution < 1.29 is 26.7 Å². The lowest BCUT2D eigenvalue weighted by Crippen LogP contribution is -2.33. The smallest absolute Gasteiger partial charge is 0.374 e. The number of nitrogens with zero attached hydrogens (tertiary/aromatic N) is 4. The highest BCUT2D eigenvalue weighted by molar-refractivity contribution is 5.53. The third-order valence-electron chi connectivity index (χ3n) is 5.84. The van der Waals surface area contributed by atoms with Gasteiger partial charge in [-0.15, -0.1) is 10.2 Å². The summed E-state index contributed by atoms with van der Waals surface area (Å²) >= 11 is 0. The van der Waals surface area contributed by atoms with E-state index in [1.54, 1.807) is 6.92 Å². The first kappa shape index (κ1) is 22.6. The summed E-state index contributed by atoms with van der Waals surface area (Å²) in [6.07, 6.45) is -1.90. The Kier molecular flexibility index (Phi) is 6.43. The first-order valence-electron chi connectivity index (χ1n) is 10.5. The molecule has 0 amide bonds. The van der Waals surface area contributed by atoms with Crippen molar-refractivity contribution in [3.8, 4) is 0 Å². The van der Waals surface area contributed by atoms with Crippen LogP contribution >= 0.6 is 0 Å². The first-order chi connectivity index (χ1) is 15.3. The summed E-state index contributed by atoms with van der Waals surface area (Å²) in [4.78, 5) is 1.91. The van der Waals surface area contributed by atoms with Gasteiger partial charge in [-0.2, -0.15) is 13.2 Å². The van der Waals surface area contributed by atoms with E-state index in [1.165, 1.54) is 28.8 Å². The van der Waals surface area contributed by atoms with Gasteiger partial charge in [-0.3, -0.25) is 9.30 Å². The maximum absolute atomic E-state index is 14.1. The van der Waals surface area contributed by atoms with E-state index in [-0.39, 0.29) is 30.3 Å². The molecule has 10 heteroatoms. The Morgan fingerprint density at radius 1 is 1.09 bits per heavy atom. The van der Waals surface area contributed by atoms with Crippen LogP contribution in [0.25, 0.3) is 5.65 Å². The van der Waals surface area contributed by atoms with Crippen molar-refractivity contribution in [3.05, 3.63) is 64.6 Å². The zero-order chi connectivity index (χ0) is 22.9. The molecule has 4 rings (SSSR count). The molecule has 0 atom stereocenters. The fourth-order valence-electron chi connectivity index (χ4n) is 4.25. The van der Waals surface area contributed by atoms with E-state index in [0.29, 0.717) is 43.9 Å². The van der Waals surface area contributed by atoms with Gasteiger partial charge in [0.2, 0.25) is 0 Å². The average Bonchev–Trinajstić information content (AvgIpc) is 3.14. The van der Waals surface area contributed by atoms with E-state index in [2.05, 4.69) is 10.2 Å². The Bertz CT molecular complexity index is 1090. The van der Waals surface area contributed by atoms with Gasteiger partial charge >= 0.3 is 6.18 Å². The molecule has 0 saturated carbocycles. The number of piperidine rings is 1. The van der Waals surface area contributed by atoms with Crippen LogP contribution in [0.1, 0.15) is 48.2 Å². The Balaban J connectivity index is 1.53. The third-order valence-corrected chi connectivity index (χ3v) is 5.84. The van der Waals surface area contributed by atoms with Gasteiger partial charge in [0, 0.05) is 25.4 Å². The van der Waals surface area contributed by atoms with Crippen LogP contribution in [0.2, 0.25) is 0 Å². The number of likely N-dealkylation sites (tertiary alicyclic amines) is 1. The number of pyridine rings is 1. The Labute approximate surface area is 181 Å². The van der Waals surface area contributed by atoms with Crippen LogP contribution in [-0.2, 0) is 24.1 Å². The topological polar surface area (TPSA) is 42.7 Å². The summed E-state index contributed by atoms with van der Waals surface area (Å²) < 4.78 is 75.7. The number of alkyl halides is 3. The summed E-state index contributed by atoms with van der Waals surface area (Å²) in [5.41, 5.74) is -0.476. The molecule has 0 aliphatic carbocycles. The molecule has 0 unspecified atom stereocenters. The van der Waals surface area contributed by atoms with Crippen molar-refractivity contribution in [1.29, 1.82) is 0 Å². The van der Waals surface area contributed by atoms with Crippen LogP contribution in [-0.4, -0.2) is 39.2 Å². The quantitative estimate of drug-likeness (QED) is 0.495. The Morgan fingerprint density at radius 3 is 2.50 bits per heavy atom. The number of fused-ring (bicyclic) bond motifs is 1. The number of ether oxygens (including phenoxy) is 1. The van der Waals surface area contributed by atoms with E-state index < -0.39 is 23.4 Å². The molecule has 3 heterocycles. The van der Waals surface area contributed by atoms with Crippen LogP contribution in [0.15, 0.2) is 30.5 Å². The number of halogens is 5. The van der Waals surface area contributed by atoms with Gasteiger partial charge in [-0.25, -0.2) is 8.78 Å². The second kappa shape index (κ2) is 9.11. The van der Waals surface area contributed by atoms with Crippen molar-refractivity contribution >= 4 is 5.65 Å². The van der Waals surface area contributed by atoms with Gasteiger partial charge in [0.05, 0.1) is 0 Å². The number of rotatable bonds is 6. The van der Waals surface area contributed by atoms with Gasteiger partial charge in [0.25, 0.3) is 0 Å². The summed E-state index contributed by atoms with van der Waals surface area (Å²) in [6, 6.07) is 4.99. The molecule has 1 aliphatic heterocycles. The number of benzene rings is 1. The molecule has 0 bridgehead atoms. The molecular formula is C22H23F5N4O. The van der Waals surface area contributed by atoms with Crippen LogP contribution < -0.4 is 0 Å². The van der Waals surface area contributed by atoms with E-state index in [0.717, 1.165) is 6.07 Å². The molecule has 0 N–H and O–H groups in total. The van der Waals surface area contributed by atoms with E-state index in [1.807, 2.05) is 4.90 Å². The highest BCUT2D eigenvalue weighted by Crippen LogP contribution is 2.37. The maximum Gasteiger partial charge on any atom is 0.420 e. The molecule has 1 aliphatic rings. The molecule has 1 saturated heterocycles. The van der Waals surface area contributed by atoms with Gasteiger partial charge in [0.15, 0.2) is 11.5 Å². The standard InChI is InChI=1S/C22H23F5N4O/c1-2-32-13-19-28-29-21-20(22(25,26)27)15(7-10-31(19)21)12-30-8-5-14(6-9-30)17-4-3-16(23)11-18(17)24/h3-4,7,10-11,14H,2,5-6,8-9,12-13H2,1H3. The maximum atomic E-state index is 14.1. The highest BCUT2D eigenvalue weighted by atomic mass is 19.4. The predicted molar refractivity (Wildman–Crippen MR) is 107 cm³/mol. The molecule has 172 valence electrons. The van der Waals surface area contributed by atoms with Crippen LogP contribution in [0.5, 0.6) is 0 Å². The predicted octanol–water partition coefficient (Wildman–Crippen LogP) is 4.94. The molecule has 1 aromatic carbocycles. The van der Waals surface area contributed by atoms with Crippen molar-refractivity contribution in [2.45, 2.75) is 45.0 Å². The van der Waals surface area contributed by atoms with Crippen molar-refractivity contribution in [2.75, 3.05) is 19.7 Å². The van der Waals surface area contributed by atoms with Crippen molar-refractivity contribution in [2.24, 2.45) is 0 Å². The molecule has 3 aromatic rings. The lowest BCUT2D eigenvalue weighted by Gasteiger charge is -2.33. The summed E-state index contributed by atoms with van der Waals surface area (Å²) in [5, 5.41) is 7.65. The molecule has 0 radical (unpaired) electrons.